The number of carbonyl (C=O) groups is 1. The van der Waals surface area contributed by atoms with Gasteiger partial charge >= 0.3 is 0 Å². The smallest absolute Gasteiger partial charge is 0.250 e. The molecule has 0 bridgehead atoms. The molecule has 0 aliphatic carbocycles. The minimum absolute atomic E-state index is 0.00822. The zero-order valence-electron chi connectivity index (χ0n) is 17.0. The van der Waals surface area contributed by atoms with Crippen LogP contribution in [0.1, 0.15) is 28.2 Å². The summed E-state index contributed by atoms with van der Waals surface area (Å²) in [6, 6.07) is 15.4. The number of nitrogens with zero attached hydrogens (tertiary/aromatic N) is 2. The summed E-state index contributed by atoms with van der Waals surface area (Å²) in [4.78, 5) is 19.6. The number of nitrogens with one attached hydrogen (secondary N) is 2. The molecule has 0 unspecified atom stereocenters. The lowest BCUT2D eigenvalue weighted by molar-refractivity contribution is -0.119. The Morgan fingerprint density at radius 1 is 1.32 bits per heavy atom. The highest BCUT2D eigenvalue weighted by Crippen LogP contribution is 2.44. The molecule has 9 heteroatoms. The number of amides is 1. The molecule has 3 aromatic rings. The van der Waals surface area contributed by atoms with Crippen LogP contribution in [0, 0.1) is 6.92 Å². The Morgan fingerprint density at radius 2 is 2.16 bits per heavy atom. The van der Waals surface area contributed by atoms with Crippen LogP contribution in [0.25, 0.3) is 0 Å². The monoisotopic (exact) mass is 472 g/mol. The molecule has 1 aromatic carbocycles. The van der Waals surface area contributed by atoms with Gasteiger partial charge in [0.25, 0.3) is 0 Å². The van der Waals surface area contributed by atoms with E-state index in [1.54, 1.807) is 6.20 Å². The third-order valence-electron chi connectivity index (χ3n) is 5.02. The molecule has 1 saturated heterocycles. The van der Waals surface area contributed by atoms with E-state index in [-0.39, 0.29) is 24.6 Å². The number of aromatic nitrogens is 1. The third kappa shape index (κ3) is 4.57. The SMILES string of the molecule is COCC(=O)Nc1ccc(N2C(=S)N[C@H](c3ccccn3)[C@H]2c2ccc(Cl)s2)cc1C. The molecule has 1 fully saturated rings. The molecule has 4 rings (SSSR count). The summed E-state index contributed by atoms with van der Waals surface area (Å²) in [5.41, 5.74) is 3.49. The Bertz CT molecular complexity index is 1110. The van der Waals surface area contributed by atoms with E-state index in [9.17, 15) is 4.79 Å². The van der Waals surface area contributed by atoms with E-state index in [4.69, 9.17) is 28.6 Å². The van der Waals surface area contributed by atoms with Crippen LogP contribution in [0.15, 0.2) is 54.7 Å². The molecule has 2 atom stereocenters. The summed E-state index contributed by atoms with van der Waals surface area (Å²) in [5.74, 6) is -0.196. The van der Waals surface area contributed by atoms with Crippen LogP contribution < -0.4 is 15.5 Å². The molecule has 1 amide bonds. The molecule has 1 aliphatic heterocycles. The maximum atomic E-state index is 11.9. The predicted octanol–water partition coefficient (Wildman–Crippen LogP) is 4.87. The van der Waals surface area contributed by atoms with Crippen molar-refractivity contribution in [3.05, 3.63) is 75.2 Å². The third-order valence-corrected chi connectivity index (χ3v) is 6.64. The molecule has 0 spiro atoms. The first kappa shape index (κ1) is 21.7. The molecular weight excluding hydrogens is 452 g/mol. The minimum atomic E-state index is -0.196. The van der Waals surface area contributed by atoms with E-state index < -0.39 is 0 Å². The maximum absolute atomic E-state index is 11.9. The van der Waals surface area contributed by atoms with Crippen LogP contribution in [0.5, 0.6) is 0 Å². The summed E-state index contributed by atoms with van der Waals surface area (Å²) in [6.45, 7) is 1.96. The average molecular weight is 473 g/mol. The number of rotatable bonds is 6. The molecule has 6 nitrogen and oxygen atoms in total. The summed E-state index contributed by atoms with van der Waals surface area (Å²) in [7, 11) is 1.49. The van der Waals surface area contributed by atoms with Crippen LogP contribution in [0.2, 0.25) is 4.34 Å². The van der Waals surface area contributed by atoms with Crippen molar-refractivity contribution in [2.45, 2.75) is 19.0 Å². The second-order valence-corrected chi connectivity index (χ2v) is 9.25. The summed E-state index contributed by atoms with van der Waals surface area (Å²) < 4.78 is 5.61. The van der Waals surface area contributed by atoms with Crippen molar-refractivity contribution in [1.29, 1.82) is 0 Å². The lowest BCUT2D eigenvalue weighted by Gasteiger charge is -2.27. The molecule has 0 saturated carbocycles. The summed E-state index contributed by atoms with van der Waals surface area (Å²) in [6.07, 6.45) is 1.78. The van der Waals surface area contributed by atoms with Gasteiger partial charge in [-0.2, -0.15) is 0 Å². The molecule has 0 radical (unpaired) electrons. The normalized spacial score (nSPS) is 18.2. The number of halogens is 1. The minimum Gasteiger partial charge on any atom is -0.375 e. The van der Waals surface area contributed by atoms with Gasteiger partial charge in [-0.1, -0.05) is 17.7 Å². The lowest BCUT2D eigenvalue weighted by Crippen LogP contribution is -2.29. The molecule has 31 heavy (non-hydrogen) atoms. The lowest BCUT2D eigenvalue weighted by atomic mass is 10.0. The number of methoxy groups -OCH3 is 1. The standard InChI is InChI=1S/C22H21ClN4O2S2/c1-13-11-14(6-7-15(13)25-19(28)12-29-2)27-21(17-8-9-18(23)31-17)20(26-22(27)30)16-5-3-4-10-24-16/h3-11,20-21H,12H2,1-2H3,(H,25,28)(H,26,30)/t20-,21-/m1/s1. The van der Waals surface area contributed by atoms with Gasteiger partial charge in [0.05, 0.1) is 22.1 Å². The summed E-state index contributed by atoms with van der Waals surface area (Å²) >= 11 is 13.5. The molecule has 3 heterocycles. The fraction of sp³-hybridized carbons (Fsp3) is 0.227. The van der Waals surface area contributed by atoms with E-state index in [0.29, 0.717) is 5.11 Å². The number of benzene rings is 1. The van der Waals surface area contributed by atoms with Gasteiger partial charge < -0.3 is 20.3 Å². The van der Waals surface area contributed by atoms with Crippen LogP contribution in [0.3, 0.4) is 0 Å². The van der Waals surface area contributed by atoms with Crippen molar-refractivity contribution < 1.29 is 9.53 Å². The number of hydrogen-bond acceptors (Lipinski definition) is 5. The number of hydrogen-bond donors (Lipinski definition) is 2. The van der Waals surface area contributed by atoms with Crippen LogP contribution >= 0.6 is 35.2 Å². The van der Waals surface area contributed by atoms with Gasteiger partial charge in [-0.25, -0.2) is 0 Å². The van der Waals surface area contributed by atoms with Gasteiger partial charge in [-0.3, -0.25) is 9.78 Å². The van der Waals surface area contributed by atoms with Gasteiger partial charge in [0.2, 0.25) is 5.91 Å². The molecule has 2 aromatic heterocycles. The highest BCUT2D eigenvalue weighted by molar-refractivity contribution is 7.80. The van der Waals surface area contributed by atoms with Crippen molar-refractivity contribution in [2.75, 3.05) is 23.9 Å². The first-order valence-electron chi connectivity index (χ1n) is 9.63. The zero-order valence-corrected chi connectivity index (χ0v) is 19.4. The number of pyridine rings is 1. The van der Waals surface area contributed by atoms with E-state index in [0.717, 1.165) is 31.8 Å². The van der Waals surface area contributed by atoms with E-state index >= 15 is 0 Å². The Morgan fingerprint density at radius 3 is 2.81 bits per heavy atom. The highest BCUT2D eigenvalue weighted by atomic mass is 35.5. The number of thiophene rings is 1. The topological polar surface area (TPSA) is 66.5 Å². The number of anilines is 2. The molecular formula is C22H21ClN4O2S2. The first-order chi connectivity index (χ1) is 15.0. The molecule has 1 aliphatic rings. The van der Waals surface area contributed by atoms with Crippen molar-refractivity contribution >= 4 is 57.5 Å². The Hall–Kier alpha value is -2.52. The van der Waals surface area contributed by atoms with Gasteiger partial charge in [0.1, 0.15) is 6.61 Å². The van der Waals surface area contributed by atoms with Crippen molar-refractivity contribution in [1.82, 2.24) is 10.3 Å². The summed E-state index contributed by atoms with van der Waals surface area (Å²) in [5, 5.41) is 6.91. The van der Waals surface area contributed by atoms with Gasteiger partial charge in [0.15, 0.2) is 5.11 Å². The molecule has 2 N–H and O–H groups in total. The number of carbonyl (C=O) groups excluding carboxylic acids is 1. The predicted molar refractivity (Wildman–Crippen MR) is 129 cm³/mol. The zero-order chi connectivity index (χ0) is 22.0. The van der Waals surface area contributed by atoms with Gasteiger partial charge in [-0.05, 0) is 67.2 Å². The largest absolute Gasteiger partial charge is 0.375 e. The fourth-order valence-corrected chi connectivity index (χ4v) is 5.20. The van der Waals surface area contributed by atoms with Crippen molar-refractivity contribution in [3.8, 4) is 0 Å². The number of thiocarbonyl (C=S) groups is 1. The Kier molecular flexibility index (Phi) is 6.52. The van der Waals surface area contributed by atoms with Crippen LogP contribution in [0.4, 0.5) is 11.4 Å². The Labute approximate surface area is 195 Å². The Balaban J connectivity index is 1.71. The van der Waals surface area contributed by atoms with Crippen molar-refractivity contribution in [2.24, 2.45) is 0 Å². The second-order valence-electron chi connectivity index (χ2n) is 7.12. The maximum Gasteiger partial charge on any atom is 0.250 e. The van der Waals surface area contributed by atoms with E-state index in [1.165, 1.54) is 18.4 Å². The highest BCUT2D eigenvalue weighted by Gasteiger charge is 2.41. The first-order valence-corrected chi connectivity index (χ1v) is 11.2. The van der Waals surface area contributed by atoms with Gasteiger partial charge in [0, 0.05) is 29.6 Å². The number of ether oxygens (including phenoxy) is 1. The molecule has 160 valence electrons. The van der Waals surface area contributed by atoms with Gasteiger partial charge in [-0.15, -0.1) is 11.3 Å². The van der Waals surface area contributed by atoms with E-state index in [2.05, 4.69) is 20.5 Å². The second kappa shape index (κ2) is 9.32. The quantitative estimate of drug-likeness (QED) is 0.499. The van der Waals surface area contributed by atoms with Crippen LogP contribution in [-0.2, 0) is 9.53 Å². The van der Waals surface area contributed by atoms with Crippen molar-refractivity contribution in [3.63, 3.8) is 0 Å². The van der Waals surface area contributed by atoms with E-state index in [1.807, 2.05) is 55.5 Å². The fourth-order valence-electron chi connectivity index (χ4n) is 3.66. The number of aryl methyl sites for hydroxylation is 1. The average Bonchev–Trinajstić information content (AvgIpc) is 3.33. The van der Waals surface area contributed by atoms with Crippen LogP contribution in [-0.4, -0.2) is 29.7 Å².